The van der Waals surface area contributed by atoms with Crippen LogP contribution in [0, 0.1) is 5.92 Å². The molecule has 1 N–H and O–H groups in total. The Balaban J connectivity index is 1.84. The molecule has 0 aliphatic carbocycles. The van der Waals surface area contributed by atoms with Crippen LogP contribution in [0.1, 0.15) is 24.9 Å². The van der Waals surface area contributed by atoms with E-state index in [4.69, 9.17) is 0 Å². The summed E-state index contributed by atoms with van der Waals surface area (Å²) in [5, 5.41) is 2.93. The van der Waals surface area contributed by atoms with E-state index < -0.39 is 6.61 Å². The quantitative estimate of drug-likeness (QED) is 0.865. The highest BCUT2D eigenvalue weighted by molar-refractivity contribution is 5.74. The molecule has 0 spiro atoms. The number of urea groups is 1. The van der Waals surface area contributed by atoms with Gasteiger partial charge in [0.1, 0.15) is 5.75 Å². The molecule has 2 rings (SSSR count). The normalized spacial score (nSPS) is 19.3. The lowest BCUT2D eigenvalue weighted by atomic mass is 10.1. The third-order valence-corrected chi connectivity index (χ3v) is 4.31. The predicted molar refractivity (Wildman–Crippen MR) is 88.3 cm³/mol. The first-order chi connectivity index (χ1) is 11.3. The van der Waals surface area contributed by atoms with Gasteiger partial charge in [-0.05, 0) is 50.6 Å². The van der Waals surface area contributed by atoms with Crippen molar-refractivity contribution in [1.82, 2.24) is 15.1 Å². The summed E-state index contributed by atoms with van der Waals surface area (Å²) < 4.78 is 28.6. The highest BCUT2D eigenvalue weighted by Gasteiger charge is 2.23. The molecule has 1 aliphatic heterocycles. The number of hydrogen-bond acceptors (Lipinski definition) is 3. The van der Waals surface area contributed by atoms with Crippen LogP contribution in [-0.4, -0.2) is 56.2 Å². The molecule has 1 fully saturated rings. The number of benzene rings is 1. The van der Waals surface area contributed by atoms with Crippen molar-refractivity contribution < 1.29 is 18.3 Å². The Bertz CT molecular complexity index is 539. The summed E-state index contributed by atoms with van der Waals surface area (Å²) in [6.07, 6.45) is 1.11. The third-order valence-electron chi connectivity index (χ3n) is 4.31. The molecule has 7 heteroatoms. The van der Waals surface area contributed by atoms with Crippen molar-refractivity contribution in [2.75, 3.05) is 33.7 Å². The first-order valence-electron chi connectivity index (χ1n) is 8.10. The zero-order valence-electron chi connectivity index (χ0n) is 14.3. The molecule has 0 unspecified atom stereocenters. The van der Waals surface area contributed by atoms with Gasteiger partial charge in [0.05, 0.1) is 6.04 Å². The molecule has 0 aromatic heterocycles. The van der Waals surface area contributed by atoms with Gasteiger partial charge in [0.25, 0.3) is 0 Å². The fourth-order valence-electron chi connectivity index (χ4n) is 2.96. The summed E-state index contributed by atoms with van der Waals surface area (Å²) in [7, 11) is 3.88. The molecule has 134 valence electrons. The molecule has 2 atom stereocenters. The van der Waals surface area contributed by atoms with Crippen molar-refractivity contribution in [3.05, 3.63) is 29.8 Å². The number of ether oxygens (including phenoxy) is 1. The van der Waals surface area contributed by atoms with Gasteiger partial charge in [-0.1, -0.05) is 12.1 Å². The second kappa shape index (κ2) is 8.28. The van der Waals surface area contributed by atoms with Crippen LogP contribution in [0.2, 0.25) is 0 Å². The molecule has 1 aromatic rings. The van der Waals surface area contributed by atoms with Crippen LogP contribution in [-0.2, 0) is 0 Å². The van der Waals surface area contributed by atoms with Crippen molar-refractivity contribution in [1.29, 1.82) is 0 Å². The van der Waals surface area contributed by atoms with Crippen molar-refractivity contribution in [2.24, 2.45) is 5.92 Å². The van der Waals surface area contributed by atoms with Crippen molar-refractivity contribution in [3.63, 3.8) is 0 Å². The van der Waals surface area contributed by atoms with Crippen LogP contribution in [0.15, 0.2) is 24.3 Å². The fourth-order valence-corrected chi connectivity index (χ4v) is 2.96. The summed E-state index contributed by atoms with van der Waals surface area (Å²) in [5.74, 6) is 0.613. The Morgan fingerprint density at radius 1 is 1.42 bits per heavy atom. The summed E-state index contributed by atoms with van der Waals surface area (Å²) in [4.78, 5) is 16.3. The summed E-state index contributed by atoms with van der Waals surface area (Å²) in [5.41, 5.74) is 0.832. The molecule has 1 saturated heterocycles. The zero-order valence-corrected chi connectivity index (χ0v) is 14.3. The topological polar surface area (TPSA) is 44.8 Å². The van der Waals surface area contributed by atoms with Gasteiger partial charge in [-0.25, -0.2) is 4.79 Å². The highest BCUT2D eigenvalue weighted by Crippen LogP contribution is 2.20. The van der Waals surface area contributed by atoms with E-state index in [0.717, 1.165) is 31.6 Å². The molecule has 2 amide bonds. The predicted octanol–water partition coefficient (Wildman–Crippen LogP) is 2.94. The minimum absolute atomic E-state index is 0.106. The number of carbonyl (C=O) groups is 1. The van der Waals surface area contributed by atoms with E-state index in [9.17, 15) is 13.6 Å². The number of halogens is 2. The van der Waals surface area contributed by atoms with E-state index in [1.165, 1.54) is 12.1 Å². The van der Waals surface area contributed by atoms with Crippen LogP contribution in [0.4, 0.5) is 13.6 Å². The molecule has 0 saturated carbocycles. The Morgan fingerprint density at radius 2 is 2.08 bits per heavy atom. The first kappa shape index (κ1) is 18.4. The van der Waals surface area contributed by atoms with E-state index >= 15 is 0 Å². The minimum atomic E-state index is -2.84. The maximum absolute atomic E-state index is 12.3. The molecule has 0 bridgehead atoms. The second-order valence-corrected chi connectivity index (χ2v) is 6.42. The first-order valence-corrected chi connectivity index (χ1v) is 8.10. The van der Waals surface area contributed by atoms with Gasteiger partial charge in [-0.2, -0.15) is 8.78 Å². The van der Waals surface area contributed by atoms with Gasteiger partial charge in [0.15, 0.2) is 0 Å². The molecule has 1 aromatic carbocycles. The molecular weight excluding hydrogens is 316 g/mol. The Labute approximate surface area is 141 Å². The van der Waals surface area contributed by atoms with Gasteiger partial charge in [0, 0.05) is 20.1 Å². The van der Waals surface area contributed by atoms with Crippen molar-refractivity contribution in [2.45, 2.75) is 26.0 Å². The largest absolute Gasteiger partial charge is 0.435 e. The molecular formula is C17H25F2N3O2. The van der Waals surface area contributed by atoms with Crippen LogP contribution in [0.5, 0.6) is 5.75 Å². The van der Waals surface area contributed by atoms with E-state index in [1.807, 2.05) is 6.92 Å². The van der Waals surface area contributed by atoms with Crippen LogP contribution in [0.25, 0.3) is 0 Å². The van der Waals surface area contributed by atoms with Crippen molar-refractivity contribution in [3.8, 4) is 5.75 Å². The fraction of sp³-hybridized carbons (Fsp3) is 0.588. The molecule has 0 radical (unpaired) electrons. The SMILES string of the molecule is C[C@H](NC(=O)N(C)C[C@@H]1CCN(C)C1)c1ccc(OC(F)F)cc1. The summed E-state index contributed by atoms with van der Waals surface area (Å²) in [6, 6.07) is 5.95. The van der Waals surface area contributed by atoms with Crippen molar-refractivity contribution >= 4 is 6.03 Å². The van der Waals surface area contributed by atoms with Gasteiger partial charge in [0.2, 0.25) is 0 Å². The number of hydrogen-bond donors (Lipinski definition) is 1. The second-order valence-electron chi connectivity index (χ2n) is 6.42. The van der Waals surface area contributed by atoms with Gasteiger partial charge in [-0.3, -0.25) is 0 Å². The van der Waals surface area contributed by atoms with Gasteiger partial charge < -0.3 is 19.9 Å². The number of likely N-dealkylation sites (tertiary alicyclic amines) is 1. The number of alkyl halides is 2. The van der Waals surface area contributed by atoms with E-state index in [0.29, 0.717) is 5.92 Å². The van der Waals surface area contributed by atoms with E-state index in [-0.39, 0.29) is 17.8 Å². The van der Waals surface area contributed by atoms with Gasteiger partial charge >= 0.3 is 12.6 Å². The molecule has 5 nitrogen and oxygen atoms in total. The lowest BCUT2D eigenvalue weighted by Crippen LogP contribution is -2.41. The Morgan fingerprint density at radius 3 is 2.62 bits per heavy atom. The van der Waals surface area contributed by atoms with Crippen LogP contribution in [0.3, 0.4) is 0 Å². The number of rotatable bonds is 6. The number of carbonyl (C=O) groups excluding carboxylic acids is 1. The van der Waals surface area contributed by atoms with Crippen LogP contribution < -0.4 is 10.1 Å². The number of nitrogens with one attached hydrogen (secondary N) is 1. The number of nitrogens with zero attached hydrogens (tertiary/aromatic N) is 2. The minimum Gasteiger partial charge on any atom is -0.435 e. The third kappa shape index (κ3) is 5.33. The van der Waals surface area contributed by atoms with Gasteiger partial charge in [-0.15, -0.1) is 0 Å². The summed E-state index contributed by atoms with van der Waals surface area (Å²) in [6.45, 7) is 1.83. The smallest absolute Gasteiger partial charge is 0.387 e. The van der Waals surface area contributed by atoms with E-state index in [1.54, 1.807) is 24.1 Å². The molecule has 1 heterocycles. The maximum Gasteiger partial charge on any atom is 0.387 e. The molecule has 24 heavy (non-hydrogen) atoms. The van der Waals surface area contributed by atoms with E-state index in [2.05, 4.69) is 22.0 Å². The lowest BCUT2D eigenvalue weighted by Gasteiger charge is -2.24. The summed E-state index contributed by atoms with van der Waals surface area (Å²) >= 11 is 0. The Hall–Kier alpha value is -1.89. The molecule has 1 aliphatic rings. The zero-order chi connectivity index (χ0) is 17.7. The Kier molecular flexibility index (Phi) is 6.36. The average Bonchev–Trinajstić information content (AvgIpc) is 2.92. The lowest BCUT2D eigenvalue weighted by molar-refractivity contribution is -0.0498. The standard InChI is InChI=1S/C17H25F2N3O2/c1-12(14-4-6-15(7-5-14)24-16(18)19)20-17(23)22(3)11-13-8-9-21(2)10-13/h4-7,12-13,16H,8-11H2,1-3H3,(H,20,23)/t12-,13+/m0/s1. The number of amides is 2. The van der Waals surface area contributed by atoms with Crippen LogP contribution >= 0.6 is 0 Å². The maximum atomic E-state index is 12.3. The highest BCUT2D eigenvalue weighted by atomic mass is 19.3. The average molecular weight is 341 g/mol. The monoisotopic (exact) mass is 341 g/mol.